The summed E-state index contributed by atoms with van der Waals surface area (Å²) in [5.74, 6) is 1.80. The van der Waals surface area contributed by atoms with Crippen molar-refractivity contribution in [2.24, 2.45) is 0 Å². The van der Waals surface area contributed by atoms with Crippen molar-refractivity contribution >= 4 is 12.2 Å². The smallest absolute Gasteiger partial charge is 1.00 e. The molecule has 0 N–H and O–H groups in total. The minimum absolute atomic E-state index is 0. The van der Waals surface area contributed by atoms with E-state index in [2.05, 4.69) is 24.3 Å². The van der Waals surface area contributed by atoms with E-state index in [1.165, 1.54) is 17.7 Å². The van der Waals surface area contributed by atoms with Crippen LogP contribution < -0.4 is 34.3 Å². The number of halogens is 2. The summed E-state index contributed by atoms with van der Waals surface area (Å²) in [7, 11) is 6.99. The van der Waals surface area contributed by atoms with Crippen LogP contribution >= 0.6 is 0 Å². The largest absolute Gasteiger partial charge is 1.00 e. The Labute approximate surface area is 195 Å². The zero-order valence-electron chi connectivity index (χ0n) is 16.7. The maximum Gasteiger partial charge on any atom is -1.00 e. The second-order valence-electron chi connectivity index (χ2n) is 6.48. The Morgan fingerprint density at radius 3 is 1.41 bits per heavy atom. The molecule has 2 aliphatic carbocycles. The molecule has 4 nitrogen and oxygen atoms in total. The van der Waals surface area contributed by atoms with E-state index < -0.39 is 23.2 Å². The van der Waals surface area contributed by atoms with Crippen molar-refractivity contribution < 1.29 is 67.0 Å². The Kier molecular flexibility index (Phi) is 8.57. The van der Waals surface area contributed by atoms with Gasteiger partial charge in [-0.15, -0.1) is 0 Å². The fraction of sp³-hybridized carbons (Fsp3) is 0.273. The van der Waals surface area contributed by atoms with Gasteiger partial charge in [0.15, 0.2) is 0 Å². The summed E-state index contributed by atoms with van der Waals surface area (Å²) in [5, 5.41) is 0. The molecule has 0 saturated carbocycles. The molecule has 4 rings (SSSR count). The maximum absolute atomic E-state index is 5.88. The average Bonchev–Trinajstić information content (AvgIpc) is 3.24. The van der Waals surface area contributed by atoms with Crippen LogP contribution in [0.1, 0.15) is 34.5 Å². The minimum atomic E-state index is -1.11. The van der Waals surface area contributed by atoms with E-state index in [1.807, 2.05) is 24.3 Å². The van der Waals surface area contributed by atoms with Gasteiger partial charge in [0.1, 0.15) is 0 Å². The summed E-state index contributed by atoms with van der Waals surface area (Å²) in [4.78, 5) is 0. The molecule has 0 amide bonds. The monoisotopic (exact) mass is 510 g/mol. The maximum atomic E-state index is 5.88. The first-order valence-corrected chi connectivity index (χ1v) is 11.3. The van der Waals surface area contributed by atoms with Gasteiger partial charge >= 0.3 is 172 Å². The number of hydrogen-bond donors (Lipinski definition) is 0. The predicted molar refractivity (Wildman–Crippen MR) is 101 cm³/mol. The summed E-state index contributed by atoms with van der Waals surface area (Å²) in [6.07, 6.45) is 4.54. The third-order valence-corrected chi connectivity index (χ3v) is 8.55. The van der Waals surface area contributed by atoms with Gasteiger partial charge < -0.3 is 24.8 Å². The van der Waals surface area contributed by atoms with Crippen LogP contribution in [0, 0.1) is 0 Å². The van der Waals surface area contributed by atoms with Crippen LogP contribution in [0.3, 0.4) is 0 Å². The van der Waals surface area contributed by atoms with Crippen molar-refractivity contribution in [1.29, 1.82) is 0 Å². The standard InChI is InChI=1S/2C11H11O2.2ClH.Zr/c2*1-12-10-5-3-4-8-9(10)6-7-11(8)13-2;;;/h2*3-6,11H,1-2H3;2*1H;/q;;;;+2/p-2. The van der Waals surface area contributed by atoms with Gasteiger partial charge in [-0.05, 0) is 0 Å². The Morgan fingerprint density at radius 2 is 1.07 bits per heavy atom. The Balaban J connectivity index is 0.00000150. The molecule has 0 spiro atoms. The SMILES string of the molecule is COc1cccc2c1C=[C]([Zr+2][C]1=Cc3c(OC)cccc3C1OC)C2OC.[Cl-].[Cl-]. The molecule has 0 heterocycles. The average molecular weight is 513 g/mol. The van der Waals surface area contributed by atoms with Crippen molar-refractivity contribution in [3.8, 4) is 11.5 Å². The quantitative estimate of drug-likeness (QED) is 0.477. The molecule has 0 saturated heterocycles. The molecule has 152 valence electrons. The first-order valence-electron chi connectivity index (χ1n) is 8.81. The normalized spacial score (nSPS) is 18.3. The molecule has 0 radical (unpaired) electrons. The van der Waals surface area contributed by atoms with Crippen LogP contribution in [0.4, 0.5) is 0 Å². The van der Waals surface area contributed by atoms with E-state index >= 15 is 0 Å². The first kappa shape index (κ1) is 24.2. The van der Waals surface area contributed by atoms with Gasteiger partial charge in [0.25, 0.3) is 0 Å². The Hall–Kier alpha value is -1.10. The van der Waals surface area contributed by atoms with Crippen molar-refractivity contribution in [3.05, 3.63) is 65.2 Å². The summed E-state index contributed by atoms with van der Waals surface area (Å²) < 4.78 is 25.6. The molecule has 2 aliphatic rings. The van der Waals surface area contributed by atoms with E-state index in [1.54, 1.807) is 28.4 Å². The van der Waals surface area contributed by atoms with Gasteiger partial charge in [-0.2, -0.15) is 0 Å². The molecule has 0 aliphatic heterocycles. The summed E-state index contributed by atoms with van der Waals surface area (Å²) in [6, 6.07) is 12.3. The van der Waals surface area contributed by atoms with E-state index in [-0.39, 0.29) is 37.0 Å². The van der Waals surface area contributed by atoms with Gasteiger partial charge in [0, 0.05) is 0 Å². The second kappa shape index (κ2) is 10.3. The van der Waals surface area contributed by atoms with Crippen LogP contribution in [-0.2, 0) is 32.7 Å². The molecular formula is C22H22Cl2O4Zr. The molecular weight excluding hydrogens is 490 g/mol. The molecule has 2 unspecified atom stereocenters. The van der Waals surface area contributed by atoms with E-state index in [9.17, 15) is 0 Å². The van der Waals surface area contributed by atoms with Gasteiger partial charge in [0.2, 0.25) is 0 Å². The van der Waals surface area contributed by atoms with Gasteiger partial charge in [-0.25, -0.2) is 0 Å². The topological polar surface area (TPSA) is 36.9 Å². The summed E-state index contributed by atoms with van der Waals surface area (Å²) >= 11 is -1.11. The number of ether oxygens (including phenoxy) is 4. The molecule has 0 fully saturated rings. The third-order valence-electron chi connectivity index (χ3n) is 5.13. The van der Waals surface area contributed by atoms with Crippen LogP contribution in [0.5, 0.6) is 11.5 Å². The molecule has 0 bridgehead atoms. The van der Waals surface area contributed by atoms with E-state index in [0.717, 1.165) is 22.6 Å². The van der Waals surface area contributed by atoms with E-state index in [4.69, 9.17) is 18.9 Å². The van der Waals surface area contributed by atoms with Crippen molar-refractivity contribution in [2.75, 3.05) is 28.4 Å². The molecule has 2 aromatic carbocycles. The van der Waals surface area contributed by atoms with Crippen molar-refractivity contribution in [3.63, 3.8) is 0 Å². The number of rotatable bonds is 6. The van der Waals surface area contributed by atoms with Crippen LogP contribution in [0.2, 0.25) is 0 Å². The summed E-state index contributed by atoms with van der Waals surface area (Å²) in [6.45, 7) is 0. The van der Waals surface area contributed by atoms with Gasteiger partial charge in [-0.3, -0.25) is 0 Å². The number of benzene rings is 2. The van der Waals surface area contributed by atoms with Gasteiger partial charge in [-0.1, -0.05) is 0 Å². The number of methoxy groups -OCH3 is 4. The second-order valence-corrected chi connectivity index (χ2v) is 9.94. The van der Waals surface area contributed by atoms with Crippen LogP contribution in [-0.4, -0.2) is 28.4 Å². The first-order chi connectivity index (χ1) is 13.2. The number of fused-ring (bicyclic) bond motifs is 2. The fourth-order valence-electron chi connectivity index (χ4n) is 3.92. The fourth-order valence-corrected chi connectivity index (χ4v) is 7.79. The summed E-state index contributed by atoms with van der Waals surface area (Å²) in [5.41, 5.74) is 4.67. The molecule has 2 aromatic rings. The van der Waals surface area contributed by atoms with Crippen LogP contribution in [0.15, 0.2) is 43.0 Å². The Bertz CT molecular complexity index is 867. The third kappa shape index (κ3) is 4.22. The minimum Gasteiger partial charge on any atom is -1.00 e. The molecule has 29 heavy (non-hydrogen) atoms. The van der Waals surface area contributed by atoms with Crippen LogP contribution in [0.25, 0.3) is 12.2 Å². The molecule has 2 atom stereocenters. The molecule has 0 aromatic heterocycles. The zero-order valence-corrected chi connectivity index (χ0v) is 20.6. The Morgan fingerprint density at radius 1 is 0.655 bits per heavy atom. The van der Waals surface area contributed by atoms with E-state index in [0.29, 0.717) is 0 Å². The molecule has 7 heteroatoms. The van der Waals surface area contributed by atoms with Crippen molar-refractivity contribution in [2.45, 2.75) is 12.2 Å². The van der Waals surface area contributed by atoms with Gasteiger partial charge in [0.05, 0.1) is 0 Å². The number of hydrogen-bond acceptors (Lipinski definition) is 4. The predicted octanol–water partition coefficient (Wildman–Crippen LogP) is -1.42. The van der Waals surface area contributed by atoms with Crippen molar-refractivity contribution in [1.82, 2.24) is 0 Å². The zero-order chi connectivity index (χ0) is 19.0.